The Kier molecular flexibility index (Phi) is 3.94. The minimum atomic E-state index is -0.392. The monoisotopic (exact) mass is 288 g/mol. The molecule has 2 atom stereocenters. The van der Waals surface area contributed by atoms with Crippen LogP contribution in [-0.2, 0) is 14.3 Å². The Morgan fingerprint density at radius 2 is 2.64 bits per heavy atom. The van der Waals surface area contributed by atoms with Crippen LogP contribution in [0.2, 0.25) is 0 Å². The van der Waals surface area contributed by atoms with Gasteiger partial charge < -0.3 is 9.47 Å². The lowest BCUT2D eigenvalue weighted by atomic mass is 10.7. The molecule has 2 unspecified atom stereocenters. The Hall–Kier alpha value is 0.510. The lowest BCUT2D eigenvalue weighted by Gasteiger charge is -2.07. The van der Waals surface area contributed by atoms with Crippen LogP contribution in [0.1, 0.15) is 6.92 Å². The molecule has 64 valence electrons. The number of hydrogen-bond donors (Lipinski definition) is 0. The first-order chi connectivity index (χ1) is 5.24. The van der Waals surface area contributed by atoms with Gasteiger partial charge >= 0.3 is 5.97 Å². The normalized spacial score (nSPS) is 30.4. The summed E-state index contributed by atoms with van der Waals surface area (Å²) in [6, 6.07) is 0. The molecule has 1 aliphatic heterocycles. The zero-order valence-electron chi connectivity index (χ0n) is 6.08. The second-order valence-electron chi connectivity index (χ2n) is 1.96. The van der Waals surface area contributed by atoms with E-state index in [2.05, 4.69) is 22.6 Å². The van der Waals surface area contributed by atoms with Crippen LogP contribution in [0, 0.1) is 0 Å². The van der Waals surface area contributed by atoms with Gasteiger partial charge in [-0.25, -0.2) is 4.79 Å². The molecule has 0 amide bonds. The summed E-state index contributed by atoms with van der Waals surface area (Å²) in [7, 11) is 0. The van der Waals surface area contributed by atoms with Crippen LogP contribution in [0.3, 0.4) is 0 Å². The quantitative estimate of drug-likeness (QED) is 0.437. The maximum absolute atomic E-state index is 11.0. The van der Waals surface area contributed by atoms with Gasteiger partial charge in [0, 0.05) is 5.75 Å². The molecule has 0 aromatic heterocycles. The van der Waals surface area contributed by atoms with Gasteiger partial charge in [-0.15, -0.1) is 11.8 Å². The molecule has 0 bridgehead atoms. The summed E-state index contributed by atoms with van der Waals surface area (Å²) in [5, 5.41) is 0. The topological polar surface area (TPSA) is 35.5 Å². The molecule has 0 spiro atoms. The number of hydrogen-bond acceptors (Lipinski definition) is 4. The van der Waals surface area contributed by atoms with Crippen LogP contribution in [0.4, 0.5) is 0 Å². The van der Waals surface area contributed by atoms with Crippen LogP contribution in [0.5, 0.6) is 0 Å². The van der Waals surface area contributed by atoms with E-state index in [4.69, 9.17) is 9.47 Å². The Bertz CT molecular complexity index is 153. The molecule has 0 aromatic rings. The predicted octanol–water partition coefficient (Wildman–Crippen LogP) is 1.40. The first-order valence-corrected chi connectivity index (χ1v) is 5.61. The van der Waals surface area contributed by atoms with Gasteiger partial charge in [-0.1, -0.05) is 22.6 Å². The summed E-state index contributed by atoms with van der Waals surface area (Å²) in [4.78, 5) is 11.0. The lowest BCUT2D eigenvalue weighted by Crippen LogP contribution is -2.20. The average molecular weight is 288 g/mol. The molecule has 0 saturated carbocycles. The third-order valence-electron chi connectivity index (χ3n) is 1.13. The van der Waals surface area contributed by atoms with Gasteiger partial charge in [0.25, 0.3) is 0 Å². The second-order valence-corrected chi connectivity index (χ2v) is 4.45. The van der Waals surface area contributed by atoms with Crippen molar-refractivity contribution in [3.63, 3.8) is 0 Å². The van der Waals surface area contributed by atoms with Gasteiger partial charge in [0.1, 0.15) is 4.11 Å². The van der Waals surface area contributed by atoms with Gasteiger partial charge in [0.15, 0.2) is 0 Å². The van der Waals surface area contributed by atoms with Gasteiger partial charge in [0.2, 0.25) is 5.44 Å². The number of esters is 1. The molecule has 1 heterocycles. The standard InChI is InChI=1S/C6H9IO3S/c1-2-9-5(8)6-10-4(7)3-11-6/h4,6H,2-3H2,1H3. The van der Waals surface area contributed by atoms with E-state index in [1.54, 1.807) is 6.92 Å². The van der Waals surface area contributed by atoms with Crippen molar-refractivity contribution in [1.82, 2.24) is 0 Å². The van der Waals surface area contributed by atoms with Crippen LogP contribution in [0.25, 0.3) is 0 Å². The lowest BCUT2D eigenvalue weighted by molar-refractivity contribution is -0.150. The Balaban J connectivity index is 2.31. The highest BCUT2D eigenvalue weighted by Crippen LogP contribution is 2.29. The minimum absolute atomic E-state index is 0.145. The zero-order chi connectivity index (χ0) is 8.27. The van der Waals surface area contributed by atoms with Crippen LogP contribution >= 0.6 is 34.4 Å². The van der Waals surface area contributed by atoms with Crippen molar-refractivity contribution < 1.29 is 14.3 Å². The van der Waals surface area contributed by atoms with E-state index in [9.17, 15) is 4.79 Å². The summed E-state index contributed by atoms with van der Waals surface area (Å²) in [6.07, 6.45) is 0. The molecule has 1 fully saturated rings. The fourth-order valence-electron chi connectivity index (χ4n) is 0.710. The number of ether oxygens (including phenoxy) is 2. The van der Waals surface area contributed by atoms with Crippen molar-refractivity contribution in [2.45, 2.75) is 16.5 Å². The fraction of sp³-hybridized carbons (Fsp3) is 0.833. The molecule has 0 radical (unpaired) electrons. The SMILES string of the molecule is CCOC(=O)C1OC(I)CS1. The summed E-state index contributed by atoms with van der Waals surface area (Å²) in [6.45, 7) is 2.21. The smallest absolute Gasteiger partial charge is 0.345 e. The molecule has 3 nitrogen and oxygen atoms in total. The van der Waals surface area contributed by atoms with Crippen molar-refractivity contribution in [2.24, 2.45) is 0 Å². The zero-order valence-corrected chi connectivity index (χ0v) is 9.05. The first kappa shape index (κ1) is 9.60. The molecule has 1 aliphatic rings. The van der Waals surface area contributed by atoms with Crippen molar-refractivity contribution in [1.29, 1.82) is 0 Å². The number of thioether (sulfide) groups is 1. The minimum Gasteiger partial charge on any atom is -0.463 e. The van der Waals surface area contributed by atoms with Crippen molar-refractivity contribution >= 4 is 40.3 Å². The van der Waals surface area contributed by atoms with Crippen LogP contribution in [-0.4, -0.2) is 27.9 Å². The molecular formula is C6H9IO3S. The number of halogens is 1. The molecule has 5 heteroatoms. The fourth-order valence-corrected chi connectivity index (χ4v) is 2.65. The first-order valence-electron chi connectivity index (χ1n) is 3.31. The summed E-state index contributed by atoms with van der Waals surface area (Å²) >= 11 is 3.65. The van der Waals surface area contributed by atoms with E-state index in [0.29, 0.717) is 6.61 Å². The second kappa shape index (κ2) is 4.51. The third-order valence-corrected chi connectivity index (χ3v) is 3.56. The highest BCUT2D eigenvalue weighted by Gasteiger charge is 2.30. The number of carbonyl (C=O) groups is 1. The highest BCUT2D eigenvalue weighted by molar-refractivity contribution is 14.1. The maximum atomic E-state index is 11.0. The molecule has 11 heavy (non-hydrogen) atoms. The largest absolute Gasteiger partial charge is 0.463 e. The van der Waals surface area contributed by atoms with E-state index >= 15 is 0 Å². The van der Waals surface area contributed by atoms with E-state index in [1.807, 2.05) is 0 Å². The molecule has 0 aliphatic carbocycles. The molecule has 0 aromatic carbocycles. The van der Waals surface area contributed by atoms with E-state index < -0.39 is 5.44 Å². The number of carbonyl (C=O) groups excluding carboxylic acids is 1. The van der Waals surface area contributed by atoms with Crippen LogP contribution in [0.15, 0.2) is 0 Å². The Morgan fingerprint density at radius 1 is 1.91 bits per heavy atom. The summed E-state index contributed by atoms with van der Waals surface area (Å²) < 4.78 is 10.2. The van der Waals surface area contributed by atoms with Gasteiger partial charge in [-0.05, 0) is 6.92 Å². The highest BCUT2D eigenvalue weighted by atomic mass is 127. The molecule has 0 N–H and O–H groups in total. The summed E-state index contributed by atoms with van der Waals surface area (Å²) in [5.41, 5.74) is -0.392. The summed E-state index contributed by atoms with van der Waals surface area (Å²) in [5.74, 6) is 0.612. The maximum Gasteiger partial charge on any atom is 0.345 e. The van der Waals surface area contributed by atoms with E-state index in [0.717, 1.165) is 5.75 Å². The number of alkyl halides is 1. The van der Waals surface area contributed by atoms with E-state index in [1.165, 1.54) is 11.8 Å². The van der Waals surface area contributed by atoms with E-state index in [-0.39, 0.29) is 10.1 Å². The van der Waals surface area contributed by atoms with Gasteiger partial charge in [-0.3, -0.25) is 0 Å². The Morgan fingerprint density at radius 3 is 3.09 bits per heavy atom. The van der Waals surface area contributed by atoms with Crippen molar-refractivity contribution in [2.75, 3.05) is 12.4 Å². The third kappa shape index (κ3) is 2.79. The number of rotatable bonds is 2. The van der Waals surface area contributed by atoms with Crippen LogP contribution < -0.4 is 0 Å². The van der Waals surface area contributed by atoms with Crippen molar-refractivity contribution in [3.8, 4) is 0 Å². The molecule has 1 saturated heterocycles. The predicted molar refractivity (Wildman–Crippen MR) is 51.8 cm³/mol. The molecule has 1 rings (SSSR count). The van der Waals surface area contributed by atoms with Gasteiger partial charge in [0.05, 0.1) is 6.61 Å². The molecular weight excluding hydrogens is 279 g/mol. The average Bonchev–Trinajstić information content (AvgIpc) is 2.36. The Labute approximate surface area is 83.3 Å². The van der Waals surface area contributed by atoms with Gasteiger partial charge in [-0.2, -0.15) is 0 Å². The van der Waals surface area contributed by atoms with Crippen molar-refractivity contribution in [3.05, 3.63) is 0 Å².